The van der Waals surface area contributed by atoms with Crippen molar-refractivity contribution in [1.29, 1.82) is 0 Å². The average molecular weight is 240 g/mol. The Morgan fingerprint density at radius 1 is 0.706 bits per heavy atom. The minimum Gasteiger partial charge on any atom is -0.381 e. The molecule has 0 saturated heterocycles. The van der Waals surface area contributed by atoms with E-state index in [-0.39, 0.29) is 0 Å². The van der Waals surface area contributed by atoms with E-state index in [0.29, 0.717) is 6.10 Å². The van der Waals surface area contributed by atoms with Crippen molar-refractivity contribution in [3.63, 3.8) is 0 Å². The fourth-order valence-electron chi connectivity index (χ4n) is 3.70. The van der Waals surface area contributed by atoms with Gasteiger partial charge in [0.1, 0.15) is 0 Å². The van der Waals surface area contributed by atoms with Crippen LogP contribution in [0.1, 0.15) is 78.1 Å². The van der Waals surface area contributed by atoms with Crippen LogP contribution in [0.25, 0.3) is 0 Å². The molecule has 1 nitrogen and oxygen atoms in total. The summed E-state index contributed by atoms with van der Waals surface area (Å²) in [5.74, 6) is 1.76. The zero-order valence-corrected chi connectivity index (χ0v) is 12.2. The fourth-order valence-corrected chi connectivity index (χ4v) is 3.70. The van der Waals surface area contributed by atoms with Crippen molar-refractivity contribution in [3.8, 4) is 0 Å². The largest absolute Gasteiger partial charge is 0.381 e. The summed E-state index contributed by atoms with van der Waals surface area (Å²) in [5, 5.41) is 0. The number of ether oxygens (including phenoxy) is 1. The van der Waals surface area contributed by atoms with Gasteiger partial charge in [0.2, 0.25) is 0 Å². The SMILES string of the molecule is CC.COC(C1CCCCC1)C1CCCCC1. The summed E-state index contributed by atoms with van der Waals surface area (Å²) in [5.41, 5.74) is 0. The molecule has 0 radical (unpaired) electrons. The molecule has 2 saturated carbocycles. The highest BCUT2D eigenvalue weighted by Gasteiger charge is 2.31. The Bertz CT molecular complexity index is 148. The van der Waals surface area contributed by atoms with Gasteiger partial charge in [-0.1, -0.05) is 52.4 Å². The maximum Gasteiger partial charge on any atom is 0.0627 e. The fraction of sp³-hybridized carbons (Fsp3) is 1.00. The first kappa shape index (κ1) is 15.0. The minimum atomic E-state index is 0.589. The number of hydrogen-bond acceptors (Lipinski definition) is 1. The molecule has 0 aromatic heterocycles. The molecule has 0 amide bonds. The Morgan fingerprint density at radius 2 is 1.06 bits per heavy atom. The van der Waals surface area contributed by atoms with Gasteiger partial charge in [-0.25, -0.2) is 0 Å². The van der Waals surface area contributed by atoms with Crippen LogP contribution >= 0.6 is 0 Å². The van der Waals surface area contributed by atoms with Gasteiger partial charge in [0.15, 0.2) is 0 Å². The third kappa shape index (κ3) is 4.62. The first-order valence-corrected chi connectivity index (χ1v) is 7.94. The summed E-state index contributed by atoms with van der Waals surface area (Å²) in [6, 6.07) is 0. The molecule has 0 unspecified atom stereocenters. The smallest absolute Gasteiger partial charge is 0.0627 e. The summed E-state index contributed by atoms with van der Waals surface area (Å²) in [4.78, 5) is 0. The van der Waals surface area contributed by atoms with E-state index in [1.54, 1.807) is 0 Å². The number of methoxy groups -OCH3 is 1. The Kier molecular flexibility index (Phi) is 7.92. The summed E-state index contributed by atoms with van der Waals surface area (Å²) in [6.07, 6.45) is 15.0. The van der Waals surface area contributed by atoms with Crippen molar-refractivity contribution < 1.29 is 4.74 Å². The Hall–Kier alpha value is -0.0400. The molecule has 0 spiro atoms. The van der Waals surface area contributed by atoms with Crippen molar-refractivity contribution in [2.45, 2.75) is 84.2 Å². The minimum absolute atomic E-state index is 0.589. The Labute approximate surface area is 108 Å². The highest BCUT2D eigenvalue weighted by molar-refractivity contribution is 4.82. The zero-order chi connectivity index (χ0) is 12.5. The molecule has 0 N–H and O–H groups in total. The van der Waals surface area contributed by atoms with Crippen LogP contribution in [0.2, 0.25) is 0 Å². The highest BCUT2D eigenvalue weighted by Crippen LogP contribution is 2.36. The molecule has 0 heterocycles. The van der Waals surface area contributed by atoms with Crippen LogP contribution in [0.3, 0.4) is 0 Å². The normalized spacial score (nSPS) is 23.3. The summed E-state index contributed by atoms with van der Waals surface area (Å²) >= 11 is 0. The first-order chi connectivity index (χ1) is 8.42. The predicted molar refractivity (Wildman–Crippen MR) is 75.3 cm³/mol. The second-order valence-electron chi connectivity index (χ2n) is 5.50. The molecule has 1 heteroatoms. The van der Waals surface area contributed by atoms with Gasteiger partial charge in [-0.3, -0.25) is 0 Å². The van der Waals surface area contributed by atoms with E-state index in [1.165, 1.54) is 64.2 Å². The van der Waals surface area contributed by atoms with E-state index in [0.717, 1.165) is 11.8 Å². The molecular formula is C16H32O. The van der Waals surface area contributed by atoms with E-state index in [2.05, 4.69) is 0 Å². The Morgan fingerprint density at radius 3 is 1.35 bits per heavy atom. The lowest BCUT2D eigenvalue weighted by molar-refractivity contribution is -0.0181. The average Bonchev–Trinajstić information content (AvgIpc) is 2.44. The summed E-state index contributed by atoms with van der Waals surface area (Å²) in [7, 11) is 1.94. The standard InChI is InChI=1S/C14H26O.C2H6/c1-15-14(12-8-4-2-5-9-12)13-10-6-3-7-11-13;1-2/h12-14H,2-11H2,1H3;1-2H3. The van der Waals surface area contributed by atoms with Crippen molar-refractivity contribution >= 4 is 0 Å². The molecule has 0 atom stereocenters. The monoisotopic (exact) mass is 240 g/mol. The molecule has 17 heavy (non-hydrogen) atoms. The summed E-state index contributed by atoms with van der Waals surface area (Å²) < 4.78 is 5.83. The molecule has 0 aromatic carbocycles. The van der Waals surface area contributed by atoms with Crippen LogP contribution < -0.4 is 0 Å². The van der Waals surface area contributed by atoms with Crippen molar-refractivity contribution in [3.05, 3.63) is 0 Å². The molecule has 2 aliphatic rings. The van der Waals surface area contributed by atoms with Crippen LogP contribution in [-0.2, 0) is 4.74 Å². The van der Waals surface area contributed by atoms with Gasteiger partial charge in [0.25, 0.3) is 0 Å². The van der Waals surface area contributed by atoms with Gasteiger partial charge >= 0.3 is 0 Å². The Balaban J connectivity index is 0.000000686. The maximum absolute atomic E-state index is 5.83. The van der Waals surface area contributed by atoms with Gasteiger partial charge in [-0.15, -0.1) is 0 Å². The van der Waals surface area contributed by atoms with Crippen LogP contribution in [0.15, 0.2) is 0 Å². The molecule has 0 aromatic rings. The topological polar surface area (TPSA) is 9.23 Å². The second-order valence-corrected chi connectivity index (χ2v) is 5.50. The molecular weight excluding hydrogens is 208 g/mol. The van der Waals surface area contributed by atoms with E-state index in [9.17, 15) is 0 Å². The lowest BCUT2D eigenvalue weighted by Gasteiger charge is -2.36. The van der Waals surface area contributed by atoms with Gasteiger partial charge in [-0.05, 0) is 37.5 Å². The zero-order valence-electron chi connectivity index (χ0n) is 12.2. The maximum atomic E-state index is 5.83. The van der Waals surface area contributed by atoms with Crippen molar-refractivity contribution in [2.24, 2.45) is 11.8 Å². The number of hydrogen-bond donors (Lipinski definition) is 0. The summed E-state index contributed by atoms with van der Waals surface area (Å²) in [6.45, 7) is 4.00. The second kappa shape index (κ2) is 8.97. The molecule has 0 aliphatic heterocycles. The molecule has 2 fully saturated rings. The highest BCUT2D eigenvalue weighted by atomic mass is 16.5. The predicted octanol–water partition coefficient (Wildman–Crippen LogP) is 5.19. The quantitative estimate of drug-likeness (QED) is 0.660. The van der Waals surface area contributed by atoms with Crippen LogP contribution in [0, 0.1) is 11.8 Å². The molecule has 2 rings (SSSR count). The number of rotatable bonds is 3. The lowest BCUT2D eigenvalue weighted by atomic mass is 9.75. The lowest BCUT2D eigenvalue weighted by Crippen LogP contribution is -2.33. The van der Waals surface area contributed by atoms with Crippen LogP contribution in [0.4, 0.5) is 0 Å². The van der Waals surface area contributed by atoms with Crippen molar-refractivity contribution in [1.82, 2.24) is 0 Å². The van der Waals surface area contributed by atoms with Gasteiger partial charge in [0.05, 0.1) is 6.10 Å². The van der Waals surface area contributed by atoms with E-state index in [1.807, 2.05) is 21.0 Å². The third-order valence-electron chi connectivity index (χ3n) is 4.50. The molecule has 0 bridgehead atoms. The molecule has 2 aliphatic carbocycles. The third-order valence-corrected chi connectivity index (χ3v) is 4.50. The van der Waals surface area contributed by atoms with Gasteiger partial charge in [-0.2, -0.15) is 0 Å². The van der Waals surface area contributed by atoms with Crippen molar-refractivity contribution in [2.75, 3.05) is 7.11 Å². The van der Waals surface area contributed by atoms with Crippen LogP contribution in [0.5, 0.6) is 0 Å². The molecule has 102 valence electrons. The van der Waals surface area contributed by atoms with E-state index in [4.69, 9.17) is 4.74 Å². The van der Waals surface area contributed by atoms with E-state index >= 15 is 0 Å². The van der Waals surface area contributed by atoms with Crippen LogP contribution in [-0.4, -0.2) is 13.2 Å². The van der Waals surface area contributed by atoms with Gasteiger partial charge < -0.3 is 4.74 Å². The van der Waals surface area contributed by atoms with Gasteiger partial charge in [0, 0.05) is 7.11 Å². The van der Waals surface area contributed by atoms with E-state index < -0.39 is 0 Å². The first-order valence-electron chi connectivity index (χ1n) is 7.94.